The van der Waals surface area contributed by atoms with Crippen molar-refractivity contribution in [3.8, 4) is 5.75 Å². The molecule has 0 atom stereocenters. The molecule has 158 valence electrons. The Bertz CT molecular complexity index is 917. The molecule has 0 unspecified atom stereocenters. The quantitative estimate of drug-likeness (QED) is 0.594. The number of benzene rings is 2. The summed E-state index contributed by atoms with van der Waals surface area (Å²) < 4.78 is 17.9. The number of unbranched alkanes of at least 4 members (excludes halogenated alkanes) is 1. The maximum absolute atomic E-state index is 13.6. The van der Waals surface area contributed by atoms with Crippen molar-refractivity contribution in [1.29, 1.82) is 0 Å². The Kier molecular flexibility index (Phi) is 6.21. The second-order valence-corrected chi connectivity index (χ2v) is 7.72. The van der Waals surface area contributed by atoms with Crippen molar-refractivity contribution >= 4 is 11.6 Å². The molecule has 0 radical (unpaired) electrons. The molecule has 4 rings (SSSR count). The second-order valence-electron chi connectivity index (χ2n) is 7.72. The average Bonchev–Trinajstić information content (AvgIpc) is 3.00. The number of rotatable bonds is 8. The summed E-state index contributed by atoms with van der Waals surface area (Å²) in [5.74, 6) is -0.742. The molecule has 2 aliphatic rings. The van der Waals surface area contributed by atoms with E-state index in [1.54, 1.807) is 11.0 Å². The summed E-state index contributed by atoms with van der Waals surface area (Å²) >= 11 is 0. The van der Waals surface area contributed by atoms with Gasteiger partial charge in [-0.2, -0.15) is 0 Å². The molecule has 2 aromatic carbocycles. The van der Waals surface area contributed by atoms with Crippen molar-refractivity contribution in [3.63, 3.8) is 0 Å². The van der Waals surface area contributed by atoms with Gasteiger partial charge in [-0.25, -0.2) is 0 Å². The molecule has 2 aromatic rings. The van der Waals surface area contributed by atoms with Crippen LogP contribution in [0.2, 0.25) is 0 Å². The first-order valence-corrected chi connectivity index (χ1v) is 10.7. The van der Waals surface area contributed by atoms with E-state index < -0.39 is 5.79 Å². The van der Waals surface area contributed by atoms with Crippen LogP contribution >= 0.6 is 0 Å². The zero-order valence-corrected chi connectivity index (χ0v) is 17.6. The molecule has 0 aromatic heterocycles. The van der Waals surface area contributed by atoms with Crippen molar-refractivity contribution in [2.45, 2.75) is 44.9 Å². The highest BCUT2D eigenvalue weighted by atomic mass is 16.7. The Balaban J connectivity index is 1.70. The molecule has 0 saturated carbocycles. The van der Waals surface area contributed by atoms with Crippen molar-refractivity contribution in [3.05, 3.63) is 71.8 Å². The number of carbonyl (C=O) groups is 1. The minimum atomic E-state index is -1.33. The fraction of sp³-hybridized carbons (Fsp3) is 0.400. The topological polar surface area (TPSA) is 48.0 Å². The van der Waals surface area contributed by atoms with Gasteiger partial charge in [-0.3, -0.25) is 4.79 Å². The minimum absolute atomic E-state index is 0.164. The van der Waals surface area contributed by atoms with Crippen LogP contribution in [0.3, 0.4) is 0 Å². The highest BCUT2D eigenvalue weighted by molar-refractivity contribution is 6.06. The van der Waals surface area contributed by atoms with Gasteiger partial charge in [-0.05, 0) is 43.0 Å². The lowest BCUT2D eigenvalue weighted by Crippen LogP contribution is -2.47. The first kappa shape index (κ1) is 20.6. The molecule has 0 aliphatic carbocycles. The summed E-state index contributed by atoms with van der Waals surface area (Å²) in [6.07, 6.45) is 5.72. The van der Waals surface area contributed by atoms with Crippen LogP contribution in [0.5, 0.6) is 5.75 Å². The van der Waals surface area contributed by atoms with Crippen LogP contribution in [0.1, 0.15) is 42.9 Å². The van der Waals surface area contributed by atoms with Crippen molar-refractivity contribution in [1.82, 2.24) is 0 Å². The third kappa shape index (κ3) is 3.75. The largest absolute Gasteiger partial charge is 0.489 e. The molecule has 1 amide bonds. The smallest absolute Gasteiger partial charge is 0.292 e. The molecule has 2 heterocycles. The van der Waals surface area contributed by atoms with Gasteiger partial charge in [0, 0.05) is 11.1 Å². The minimum Gasteiger partial charge on any atom is -0.489 e. The lowest BCUT2D eigenvalue weighted by molar-refractivity contribution is -0.256. The first-order valence-electron chi connectivity index (χ1n) is 10.7. The Labute approximate surface area is 178 Å². The Morgan fingerprint density at radius 1 is 1.20 bits per heavy atom. The highest BCUT2D eigenvalue weighted by Gasteiger charge is 2.55. The summed E-state index contributed by atoms with van der Waals surface area (Å²) in [5.41, 5.74) is 3.81. The molecular formula is C25H29NO4. The summed E-state index contributed by atoms with van der Waals surface area (Å²) in [7, 11) is 0. The zero-order valence-electron chi connectivity index (χ0n) is 17.6. The number of fused-ring (bicyclic) bond motifs is 2. The van der Waals surface area contributed by atoms with Gasteiger partial charge in [0.15, 0.2) is 0 Å². The van der Waals surface area contributed by atoms with E-state index in [0.717, 1.165) is 48.2 Å². The molecule has 5 nitrogen and oxygen atoms in total. The lowest BCUT2D eigenvalue weighted by atomic mass is 10.00. The fourth-order valence-corrected chi connectivity index (χ4v) is 4.08. The second kappa shape index (κ2) is 9.02. The molecule has 2 aliphatic heterocycles. The van der Waals surface area contributed by atoms with E-state index in [9.17, 15) is 4.79 Å². The third-order valence-electron chi connectivity index (χ3n) is 5.61. The van der Waals surface area contributed by atoms with Gasteiger partial charge in [0.25, 0.3) is 11.7 Å². The van der Waals surface area contributed by atoms with Crippen molar-refractivity contribution in [2.75, 3.05) is 24.7 Å². The van der Waals surface area contributed by atoms with Gasteiger partial charge < -0.3 is 19.1 Å². The third-order valence-corrected chi connectivity index (χ3v) is 5.61. The fourth-order valence-electron chi connectivity index (χ4n) is 4.08. The van der Waals surface area contributed by atoms with Crippen LogP contribution in [0.15, 0.2) is 55.1 Å². The SMILES string of the molecule is C=CCOc1ccccc1CN1C(=O)C2(OCCCO2)c2cc(CCCC)ccc21. The number of anilines is 1. The molecule has 0 N–H and O–H groups in total. The van der Waals surface area contributed by atoms with Crippen LogP contribution < -0.4 is 9.64 Å². The van der Waals surface area contributed by atoms with Crippen molar-refractivity contribution in [2.24, 2.45) is 0 Å². The molecule has 1 spiro atoms. The van der Waals surface area contributed by atoms with E-state index in [1.165, 1.54) is 5.56 Å². The molecule has 30 heavy (non-hydrogen) atoms. The number of hydrogen-bond donors (Lipinski definition) is 0. The van der Waals surface area contributed by atoms with Crippen LogP contribution in [-0.4, -0.2) is 25.7 Å². The maximum Gasteiger partial charge on any atom is 0.292 e. The number of nitrogens with zero attached hydrogens (tertiary/aromatic N) is 1. The zero-order chi connectivity index (χ0) is 21.0. The Morgan fingerprint density at radius 3 is 2.77 bits per heavy atom. The maximum atomic E-state index is 13.6. The lowest BCUT2D eigenvalue weighted by Gasteiger charge is -2.32. The average molecular weight is 408 g/mol. The predicted octanol–water partition coefficient (Wildman–Crippen LogP) is 4.73. The summed E-state index contributed by atoms with van der Waals surface area (Å²) in [4.78, 5) is 15.4. The van der Waals surface area contributed by atoms with Gasteiger partial charge in [0.2, 0.25) is 0 Å². The number of ether oxygens (including phenoxy) is 3. The number of para-hydroxylation sites is 1. The number of carbonyl (C=O) groups excluding carboxylic acids is 1. The van der Waals surface area contributed by atoms with Gasteiger partial charge in [-0.15, -0.1) is 0 Å². The molecule has 5 heteroatoms. The molecular weight excluding hydrogens is 378 g/mol. The van der Waals surface area contributed by atoms with Gasteiger partial charge in [0.05, 0.1) is 25.4 Å². The Morgan fingerprint density at radius 2 is 2.00 bits per heavy atom. The van der Waals surface area contributed by atoms with E-state index >= 15 is 0 Å². The van der Waals surface area contributed by atoms with Crippen LogP contribution in [-0.2, 0) is 33.0 Å². The summed E-state index contributed by atoms with van der Waals surface area (Å²) in [5, 5.41) is 0. The van der Waals surface area contributed by atoms with Gasteiger partial charge >= 0.3 is 0 Å². The first-order chi connectivity index (χ1) is 14.7. The van der Waals surface area contributed by atoms with Crippen LogP contribution in [0, 0.1) is 0 Å². The van der Waals surface area contributed by atoms with Gasteiger partial charge in [-0.1, -0.05) is 50.3 Å². The predicted molar refractivity (Wildman–Crippen MR) is 117 cm³/mol. The normalized spacial score (nSPS) is 17.2. The van der Waals surface area contributed by atoms with E-state index in [-0.39, 0.29) is 5.91 Å². The number of hydrogen-bond acceptors (Lipinski definition) is 4. The monoisotopic (exact) mass is 407 g/mol. The standard InChI is InChI=1S/C25H29NO4/c1-3-5-9-19-12-13-22-21(17-19)25(29-15-8-16-30-25)24(27)26(22)18-20-10-6-7-11-23(20)28-14-4-2/h4,6-7,10-13,17H,2-3,5,8-9,14-16,18H2,1H3. The molecule has 0 bridgehead atoms. The van der Waals surface area contributed by atoms with E-state index in [4.69, 9.17) is 14.2 Å². The highest BCUT2D eigenvalue weighted by Crippen LogP contribution is 2.46. The van der Waals surface area contributed by atoms with Crippen LogP contribution in [0.25, 0.3) is 0 Å². The molecule has 1 saturated heterocycles. The summed E-state index contributed by atoms with van der Waals surface area (Å²) in [6, 6.07) is 14.0. The summed E-state index contributed by atoms with van der Waals surface area (Å²) in [6.45, 7) is 7.72. The van der Waals surface area contributed by atoms with E-state index in [1.807, 2.05) is 30.3 Å². The van der Waals surface area contributed by atoms with Crippen LogP contribution in [0.4, 0.5) is 5.69 Å². The van der Waals surface area contributed by atoms with Gasteiger partial charge in [0.1, 0.15) is 12.4 Å². The number of amides is 1. The van der Waals surface area contributed by atoms with Crippen molar-refractivity contribution < 1.29 is 19.0 Å². The van der Waals surface area contributed by atoms with E-state index in [2.05, 4.69) is 25.6 Å². The number of aryl methyl sites for hydroxylation is 1. The van der Waals surface area contributed by atoms with E-state index in [0.29, 0.717) is 26.4 Å². The molecule has 1 fully saturated rings. The Hall–Kier alpha value is -2.63.